The molecule has 1 aliphatic rings. The predicted molar refractivity (Wildman–Crippen MR) is 133 cm³/mol. The first-order valence-corrected chi connectivity index (χ1v) is 13.6. The van der Waals surface area contributed by atoms with E-state index in [1.165, 1.54) is 103 Å². The van der Waals surface area contributed by atoms with Crippen molar-refractivity contribution < 1.29 is 9.59 Å². The molecule has 0 saturated carbocycles. The van der Waals surface area contributed by atoms with E-state index in [9.17, 15) is 9.59 Å². The monoisotopic (exact) mass is 433 g/mol. The maximum absolute atomic E-state index is 12.1. The Morgan fingerprint density at radius 1 is 0.710 bits per heavy atom. The highest BCUT2D eigenvalue weighted by Gasteiger charge is 2.35. The van der Waals surface area contributed by atoms with Crippen LogP contribution in [0.5, 0.6) is 0 Å². The molecule has 0 spiro atoms. The van der Waals surface area contributed by atoms with Crippen molar-refractivity contribution in [1.29, 1.82) is 0 Å². The van der Waals surface area contributed by atoms with Gasteiger partial charge in [-0.1, -0.05) is 128 Å². The van der Waals surface area contributed by atoms with E-state index in [0.29, 0.717) is 12.8 Å². The van der Waals surface area contributed by atoms with Crippen LogP contribution in [0.3, 0.4) is 0 Å². The number of hydrogen-bond acceptors (Lipinski definition) is 2. The van der Waals surface area contributed by atoms with Gasteiger partial charge in [0, 0.05) is 12.8 Å². The summed E-state index contributed by atoms with van der Waals surface area (Å²) in [5, 5.41) is 0. The van der Waals surface area contributed by atoms with E-state index in [-0.39, 0.29) is 17.9 Å². The van der Waals surface area contributed by atoms with Crippen LogP contribution < -0.4 is 0 Å². The number of hydrogen-bond donors (Lipinski definition) is 0. The van der Waals surface area contributed by atoms with E-state index in [1.54, 1.807) is 4.90 Å². The molecular formula is C28H51NO2. The summed E-state index contributed by atoms with van der Waals surface area (Å²) >= 11 is 0. The Morgan fingerprint density at radius 3 is 1.42 bits per heavy atom. The van der Waals surface area contributed by atoms with Gasteiger partial charge in [-0.15, -0.1) is 0 Å². The lowest BCUT2D eigenvalue weighted by Gasteiger charge is -2.27. The van der Waals surface area contributed by atoms with Gasteiger partial charge in [-0.3, -0.25) is 14.5 Å². The first-order valence-electron chi connectivity index (χ1n) is 13.6. The van der Waals surface area contributed by atoms with Crippen molar-refractivity contribution in [3.8, 4) is 0 Å². The number of rotatable bonds is 20. The van der Waals surface area contributed by atoms with E-state index in [2.05, 4.69) is 19.9 Å². The minimum absolute atomic E-state index is 0.0103. The normalized spacial score (nSPS) is 15.8. The second-order valence-electron chi connectivity index (χ2n) is 9.65. The smallest absolute Gasteiger partial charge is 0.230 e. The van der Waals surface area contributed by atoms with E-state index >= 15 is 0 Å². The molecule has 0 radical (unpaired) electrons. The van der Waals surface area contributed by atoms with Gasteiger partial charge in [-0.2, -0.15) is 0 Å². The summed E-state index contributed by atoms with van der Waals surface area (Å²) in [4.78, 5) is 25.8. The molecule has 2 amide bonds. The number of nitrogens with zero attached hydrogens (tertiary/aromatic N) is 1. The molecule has 0 aromatic heterocycles. The fourth-order valence-corrected chi connectivity index (χ4v) is 4.76. The van der Waals surface area contributed by atoms with Gasteiger partial charge in [-0.05, 0) is 20.3 Å². The van der Waals surface area contributed by atoms with E-state index in [1.807, 2.05) is 6.92 Å². The predicted octanol–water partition coefficient (Wildman–Crippen LogP) is 8.51. The van der Waals surface area contributed by atoms with Crippen LogP contribution in [0, 0.1) is 0 Å². The van der Waals surface area contributed by atoms with Gasteiger partial charge in [0.25, 0.3) is 0 Å². The summed E-state index contributed by atoms with van der Waals surface area (Å²) in [6.45, 7) is 6.34. The molecule has 1 atom stereocenters. The van der Waals surface area contributed by atoms with Crippen molar-refractivity contribution in [3.05, 3.63) is 11.6 Å². The molecule has 0 bridgehead atoms. The summed E-state index contributed by atoms with van der Waals surface area (Å²) in [7, 11) is 0. The lowest BCUT2D eigenvalue weighted by molar-refractivity contribution is -0.140. The lowest BCUT2D eigenvalue weighted by Crippen LogP contribution is -2.40. The minimum Gasteiger partial charge on any atom is -0.275 e. The van der Waals surface area contributed by atoms with Crippen molar-refractivity contribution in [2.24, 2.45) is 0 Å². The number of imide groups is 1. The van der Waals surface area contributed by atoms with Crippen molar-refractivity contribution in [2.75, 3.05) is 0 Å². The summed E-state index contributed by atoms with van der Waals surface area (Å²) in [5.74, 6) is 0.0337. The molecule has 3 nitrogen and oxygen atoms in total. The van der Waals surface area contributed by atoms with Crippen molar-refractivity contribution in [3.63, 3.8) is 0 Å². The maximum atomic E-state index is 12.1. The summed E-state index contributed by atoms with van der Waals surface area (Å²) in [6, 6.07) is -0.0103. The molecule has 0 aromatic rings. The molecule has 1 aliphatic heterocycles. The Balaban J connectivity index is 1.95. The zero-order chi connectivity index (χ0) is 22.7. The number of likely N-dealkylation sites (tertiary alicyclic amines) is 1. The molecule has 0 aliphatic carbocycles. The third-order valence-electron chi connectivity index (χ3n) is 6.96. The Labute approximate surface area is 193 Å². The van der Waals surface area contributed by atoms with Gasteiger partial charge in [0.1, 0.15) is 0 Å². The molecular weight excluding hydrogens is 382 g/mol. The summed E-state index contributed by atoms with van der Waals surface area (Å²) in [6.07, 6.45) is 27.1. The average Bonchev–Trinajstić information content (AvgIpc) is 3.10. The molecule has 1 rings (SSSR count). The number of allylic oxidation sites excluding steroid dienone is 1. The van der Waals surface area contributed by atoms with Crippen LogP contribution in [0.1, 0.15) is 149 Å². The highest BCUT2D eigenvalue weighted by molar-refractivity contribution is 6.02. The molecule has 1 fully saturated rings. The lowest BCUT2D eigenvalue weighted by atomic mass is 9.98. The fraction of sp³-hybridized carbons (Fsp3) is 0.857. The van der Waals surface area contributed by atoms with Crippen LogP contribution in [-0.2, 0) is 9.59 Å². The largest absolute Gasteiger partial charge is 0.275 e. The minimum atomic E-state index is -0.0103. The van der Waals surface area contributed by atoms with Crippen molar-refractivity contribution in [2.45, 2.75) is 155 Å². The summed E-state index contributed by atoms with van der Waals surface area (Å²) in [5.41, 5.74) is 1.15. The molecule has 31 heavy (non-hydrogen) atoms. The number of unbranched alkanes of at least 4 members (excludes halogenated alkanes) is 16. The highest BCUT2D eigenvalue weighted by Crippen LogP contribution is 2.24. The van der Waals surface area contributed by atoms with E-state index in [0.717, 1.165) is 18.4 Å². The van der Waals surface area contributed by atoms with Gasteiger partial charge < -0.3 is 0 Å². The van der Waals surface area contributed by atoms with E-state index in [4.69, 9.17) is 0 Å². The van der Waals surface area contributed by atoms with Crippen LogP contribution in [0.4, 0.5) is 0 Å². The molecule has 3 heteroatoms. The molecule has 180 valence electrons. The Morgan fingerprint density at radius 2 is 1.06 bits per heavy atom. The molecule has 1 unspecified atom stereocenters. The van der Waals surface area contributed by atoms with Crippen molar-refractivity contribution in [1.82, 2.24) is 4.90 Å². The zero-order valence-corrected chi connectivity index (χ0v) is 21.1. The van der Waals surface area contributed by atoms with Gasteiger partial charge in [-0.25, -0.2) is 0 Å². The van der Waals surface area contributed by atoms with Gasteiger partial charge >= 0.3 is 0 Å². The zero-order valence-electron chi connectivity index (χ0n) is 21.1. The van der Waals surface area contributed by atoms with Crippen LogP contribution in [0.2, 0.25) is 0 Å². The second-order valence-corrected chi connectivity index (χ2v) is 9.65. The number of carbonyl (C=O) groups excluding carboxylic acids is 2. The average molecular weight is 434 g/mol. The standard InChI is InChI=1S/C28H51NO2/c1-4-6-7-8-9-10-11-12-13-14-15-16-17-18-19-20-21-22-26(25(3)5-2)29-27(30)23-24-28(29)31/h5,26H,4,6-24H2,1-3H3/b25-5+. The summed E-state index contributed by atoms with van der Waals surface area (Å²) < 4.78 is 0. The number of amides is 2. The van der Waals surface area contributed by atoms with Crippen LogP contribution >= 0.6 is 0 Å². The first-order chi connectivity index (χ1) is 15.1. The molecule has 1 heterocycles. The Bertz CT molecular complexity index is 495. The third kappa shape index (κ3) is 12.5. The van der Waals surface area contributed by atoms with Gasteiger partial charge in [0.05, 0.1) is 6.04 Å². The van der Waals surface area contributed by atoms with Crippen LogP contribution in [-0.4, -0.2) is 22.8 Å². The highest BCUT2D eigenvalue weighted by atomic mass is 16.2. The quantitative estimate of drug-likeness (QED) is 0.110. The first kappa shape index (κ1) is 27.9. The second kappa shape index (κ2) is 18.5. The molecule has 0 aromatic carbocycles. The van der Waals surface area contributed by atoms with Gasteiger partial charge in [0.15, 0.2) is 0 Å². The Kier molecular flexibility index (Phi) is 16.6. The SMILES string of the molecule is C/C=C(\C)C(CCCCCCCCCCCCCCCCCCC)N1C(=O)CCC1=O. The van der Waals surface area contributed by atoms with Crippen molar-refractivity contribution >= 4 is 11.8 Å². The van der Waals surface area contributed by atoms with Gasteiger partial charge in [0.2, 0.25) is 11.8 Å². The fourth-order valence-electron chi connectivity index (χ4n) is 4.76. The van der Waals surface area contributed by atoms with E-state index < -0.39 is 0 Å². The Hall–Kier alpha value is -1.12. The topological polar surface area (TPSA) is 37.4 Å². The number of carbonyl (C=O) groups is 2. The van der Waals surface area contributed by atoms with Crippen LogP contribution in [0.25, 0.3) is 0 Å². The molecule has 0 N–H and O–H groups in total. The van der Waals surface area contributed by atoms with Crippen LogP contribution in [0.15, 0.2) is 11.6 Å². The molecule has 1 saturated heterocycles. The third-order valence-corrected chi connectivity index (χ3v) is 6.96. The maximum Gasteiger partial charge on any atom is 0.230 e.